The van der Waals surface area contributed by atoms with Gasteiger partial charge in [-0.3, -0.25) is 4.90 Å². The number of benzene rings is 1. The summed E-state index contributed by atoms with van der Waals surface area (Å²) in [6, 6.07) is 7.57. The van der Waals surface area contributed by atoms with Crippen LogP contribution >= 0.6 is 0 Å². The molecule has 0 radical (unpaired) electrons. The van der Waals surface area contributed by atoms with Crippen LogP contribution in [-0.2, 0) is 19.4 Å². The quantitative estimate of drug-likeness (QED) is 0.576. The summed E-state index contributed by atoms with van der Waals surface area (Å²) in [5.74, 6) is 2.17. The highest BCUT2D eigenvalue weighted by atomic mass is 15.3. The van der Waals surface area contributed by atoms with E-state index in [-0.39, 0.29) is 5.54 Å². The van der Waals surface area contributed by atoms with Crippen molar-refractivity contribution in [3.05, 3.63) is 41.3 Å². The molecule has 0 bridgehead atoms. The number of hydrogen-bond donors (Lipinski definition) is 1. The highest BCUT2D eigenvalue weighted by Crippen LogP contribution is 2.37. The van der Waals surface area contributed by atoms with Crippen molar-refractivity contribution in [2.24, 2.45) is 5.92 Å². The lowest BCUT2D eigenvalue weighted by atomic mass is 9.84. The molecule has 180 valence electrons. The van der Waals surface area contributed by atoms with Crippen LogP contribution in [0.1, 0.15) is 95.1 Å². The van der Waals surface area contributed by atoms with Crippen LogP contribution in [0.4, 0.5) is 0 Å². The summed E-state index contributed by atoms with van der Waals surface area (Å²) in [5, 5.41) is 3.71. The van der Waals surface area contributed by atoms with Gasteiger partial charge in [0.05, 0.1) is 11.7 Å². The molecule has 5 rings (SSSR count). The predicted molar refractivity (Wildman–Crippen MR) is 138 cm³/mol. The Balaban J connectivity index is 1.39. The van der Waals surface area contributed by atoms with E-state index in [2.05, 4.69) is 60.0 Å². The van der Waals surface area contributed by atoms with E-state index in [9.17, 15) is 0 Å². The van der Waals surface area contributed by atoms with E-state index in [0.29, 0.717) is 6.04 Å². The molecule has 1 aliphatic heterocycles. The Hall–Kier alpha value is -1.65. The summed E-state index contributed by atoms with van der Waals surface area (Å²) in [6.45, 7) is 11.1. The second-order valence-electron chi connectivity index (χ2n) is 11.8. The molecule has 3 aliphatic rings. The highest BCUT2D eigenvalue weighted by molar-refractivity contribution is 5.61. The van der Waals surface area contributed by atoms with Crippen LogP contribution in [0.25, 0.3) is 11.3 Å². The molecule has 2 aromatic rings. The Labute approximate surface area is 201 Å². The number of nitrogens with one attached hydrogen (secondary N) is 1. The molecule has 33 heavy (non-hydrogen) atoms. The summed E-state index contributed by atoms with van der Waals surface area (Å²) in [5.41, 5.74) is 5.78. The molecule has 1 aromatic heterocycles. The van der Waals surface area contributed by atoms with Gasteiger partial charge in [0.25, 0.3) is 0 Å². The van der Waals surface area contributed by atoms with Crippen molar-refractivity contribution in [3.8, 4) is 11.3 Å². The summed E-state index contributed by atoms with van der Waals surface area (Å²) < 4.78 is 2.48. The number of fused-ring (bicyclic) bond motifs is 2. The minimum absolute atomic E-state index is 0.173. The molecule has 2 aliphatic carbocycles. The summed E-state index contributed by atoms with van der Waals surface area (Å²) in [7, 11) is 0. The molecule has 1 saturated carbocycles. The van der Waals surface area contributed by atoms with Gasteiger partial charge in [-0.2, -0.15) is 0 Å². The summed E-state index contributed by atoms with van der Waals surface area (Å²) >= 11 is 0. The fourth-order valence-electron chi connectivity index (χ4n) is 6.30. The van der Waals surface area contributed by atoms with Gasteiger partial charge in [0.2, 0.25) is 0 Å². The zero-order chi connectivity index (χ0) is 22.8. The maximum atomic E-state index is 5.32. The van der Waals surface area contributed by atoms with Crippen molar-refractivity contribution in [1.82, 2.24) is 19.8 Å². The molecule has 0 spiro atoms. The van der Waals surface area contributed by atoms with E-state index >= 15 is 0 Å². The molecule has 1 N–H and O–H groups in total. The molecule has 4 nitrogen and oxygen atoms in total. The van der Waals surface area contributed by atoms with Gasteiger partial charge in [0.1, 0.15) is 5.82 Å². The van der Waals surface area contributed by atoms with Gasteiger partial charge in [-0.15, -0.1) is 0 Å². The molecule has 4 heteroatoms. The monoisotopic (exact) mass is 448 g/mol. The normalized spacial score (nSPS) is 22.2. The molecular formula is C29H44N4. The van der Waals surface area contributed by atoms with Crippen LogP contribution in [0.5, 0.6) is 0 Å². The average Bonchev–Trinajstić information content (AvgIpc) is 3.25. The van der Waals surface area contributed by atoms with E-state index in [1.165, 1.54) is 81.3 Å². The third kappa shape index (κ3) is 5.54. The van der Waals surface area contributed by atoms with E-state index in [4.69, 9.17) is 4.98 Å². The predicted octanol–water partition coefficient (Wildman–Crippen LogP) is 6.14. The first-order valence-corrected chi connectivity index (χ1v) is 13.6. The highest BCUT2D eigenvalue weighted by Gasteiger charge is 2.32. The molecule has 1 atom stereocenters. The van der Waals surface area contributed by atoms with Crippen molar-refractivity contribution in [2.45, 2.75) is 103 Å². The number of aryl methyl sites for hydroxylation is 2. The zero-order valence-corrected chi connectivity index (χ0v) is 21.2. The maximum Gasteiger partial charge on any atom is 0.126 e. The second-order valence-corrected chi connectivity index (χ2v) is 11.8. The van der Waals surface area contributed by atoms with Crippen molar-refractivity contribution in [1.29, 1.82) is 0 Å². The maximum absolute atomic E-state index is 5.32. The van der Waals surface area contributed by atoms with Crippen molar-refractivity contribution in [2.75, 3.05) is 19.6 Å². The molecule has 1 fully saturated rings. The number of imidazole rings is 1. The molecule has 2 heterocycles. The number of nitrogens with zero attached hydrogens (tertiary/aromatic N) is 3. The molecule has 0 unspecified atom stereocenters. The average molecular weight is 449 g/mol. The molecular weight excluding hydrogens is 404 g/mol. The first-order valence-electron chi connectivity index (χ1n) is 13.6. The van der Waals surface area contributed by atoms with Crippen LogP contribution in [0.3, 0.4) is 0 Å². The Bertz CT molecular complexity index is 932. The number of aromatic nitrogens is 2. The minimum atomic E-state index is 0.173. The first kappa shape index (κ1) is 23.1. The zero-order valence-electron chi connectivity index (χ0n) is 21.2. The van der Waals surface area contributed by atoms with Gasteiger partial charge in [0, 0.05) is 43.5 Å². The molecule has 1 aromatic carbocycles. The van der Waals surface area contributed by atoms with Crippen LogP contribution in [0.2, 0.25) is 0 Å². The summed E-state index contributed by atoms with van der Waals surface area (Å²) in [4.78, 5) is 8.05. The summed E-state index contributed by atoms with van der Waals surface area (Å²) in [6.07, 6.45) is 15.8. The molecule has 0 amide bonds. The Morgan fingerprint density at radius 1 is 0.970 bits per heavy atom. The Morgan fingerprint density at radius 2 is 1.76 bits per heavy atom. The largest absolute Gasteiger partial charge is 0.332 e. The van der Waals surface area contributed by atoms with Gasteiger partial charge in [-0.25, -0.2) is 4.98 Å². The smallest absolute Gasteiger partial charge is 0.126 e. The van der Waals surface area contributed by atoms with Gasteiger partial charge >= 0.3 is 0 Å². The van der Waals surface area contributed by atoms with Crippen molar-refractivity contribution >= 4 is 0 Å². The van der Waals surface area contributed by atoms with E-state index < -0.39 is 0 Å². The van der Waals surface area contributed by atoms with Crippen LogP contribution in [0, 0.1) is 5.92 Å². The Kier molecular flexibility index (Phi) is 6.94. The van der Waals surface area contributed by atoms with Crippen LogP contribution in [-0.4, -0.2) is 39.6 Å². The lowest BCUT2D eigenvalue weighted by Gasteiger charge is -2.39. The van der Waals surface area contributed by atoms with Crippen molar-refractivity contribution in [3.63, 3.8) is 0 Å². The lowest BCUT2D eigenvalue weighted by molar-refractivity contribution is 0.118. The number of hydrogen-bond acceptors (Lipinski definition) is 3. The third-order valence-corrected chi connectivity index (χ3v) is 8.15. The second kappa shape index (κ2) is 9.92. The van der Waals surface area contributed by atoms with Crippen LogP contribution < -0.4 is 5.32 Å². The fraction of sp³-hybridized carbons (Fsp3) is 0.690. The topological polar surface area (TPSA) is 33.1 Å². The van der Waals surface area contributed by atoms with E-state index in [1.54, 1.807) is 11.1 Å². The first-order chi connectivity index (χ1) is 16.0. The van der Waals surface area contributed by atoms with Gasteiger partial charge in [-0.1, -0.05) is 44.2 Å². The third-order valence-electron chi connectivity index (χ3n) is 8.15. The molecule has 0 saturated heterocycles. The standard InChI is InChI=1S/C29H44N4/c1-29(2,3)30-15-16-32-17-18-33-21-26(25-14-13-23-11-7-8-12-24(23)20-25)31-28(33)27(32)19-22-9-5-4-6-10-22/h13-14,20-22,27,30H,4-12,15-19H2,1-3H3/t27-/m0/s1. The van der Waals surface area contributed by atoms with Crippen molar-refractivity contribution < 1.29 is 0 Å². The number of rotatable bonds is 6. The van der Waals surface area contributed by atoms with Gasteiger partial charge in [0.15, 0.2) is 0 Å². The minimum Gasteiger partial charge on any atom is -0.332 e. The Morgan fingerprint density at radius 3 is 2.55 bits per heavy atom. The fourth-order valence-corrected chi connectivity index (χ4v) is 6.30. The van der Waals surface area contributed by atoms with Gasteiger partial charge in [-0.05, 0) is 76.0 Å². The van der Waals surface area contributed by atoms with Crippen LogP contribution in [0.15, 0.2) is 24.4 Å². The SMILES string of the molecule is CC(C)(C)NCCN1CCn2cc(-c3ccc4c(c3)CCCC4)nc2[C@@H]1CC1CCCCC1. The van der Waals surface area contributed by atoms with E-state index in [1.807, 2.05) is 0 Å². The van der Waals surface area contributed by atoms with Gasteiger partial charge < -0.3 is 9.88 Å². The van der Waals surface area contributed by atoms with E-state index in [0.717, 1.165) is 32.1 Å². The lowest BCUT2D eigenvalue weighted by Crippen LogP contribution is -2.45.